The third-order valence-electron chi connectivity index (χ3n) is 2.15. The van der Waals surface area contributed by atoms with E-state index in [0.29, 0.717) is 6.54 Å². The summed E-state index contributed by atoms with van der Waals surface area (Å²) in [4.78, 5) is 0. The minimum Gasteiger partial charge on any atom is -0.351 e. The SMILES string of the molecule is CCCNCc1cccn1COCC(F)(F)F. The van der Waals surface area contributed by atoms with E-state index >= 15 is 0 Å². The zero-order valence-electron chi connectivity index (χ0n) is 9.76. The Balaban J connectivity index is 2.35. The van der Waals surface area contributed by atoms with Crippen molar-refractivity contribution in [3.63, 3.8) is 0 Å². The molecule has 0 unspecified atom stereocenters. The minimum absolute atomic E-state index is 0.0738. The lowest BCUT2D eigenvalue weighted by Crippen LogP contribution is -2.20. The van der Waals surface area contributed by atoms with Crippen molar-refractivity contribution in [1.82, 2.24) is 9.88 Å². The predicted molar refractivity (Wildman–Crippen MR) is 58.4 cm³/mol. The van der Waals surface area contributed by atoms with Crippen LogP contribution in [-0.4, -0.2) is 23.9 Å². The molecule has 0 amide bonds. The molecule has 0 radical (unpaired) electrons. The fourth-order valence-electron chi connectivity index (χ4n) is 1.39. The van der Waals surface area contributed by atoms with E-state index in [0.717, 1.165) is 18.7 Å². The molecule has 1 N–H and O–H groups in total. The van der Waals surface area contributed by atoms with Gasteiger partial charge in [0.25, 0.3) is 0 Å². The van der Waals surface area contributed by atoms with Crippen LogP contribution in [0.5, 0.6) is 0 Å². The van der Waals surface area contributed by atoms with E-state index in [2.05, 4.69) is 17.0 Å². The highest BCUT2D eigenvalue weighted by molar-refractivity contribution is 5.06. The van der Waals surface area contributed by atoms with E-state index in [1.54, 1.807) is 16.8 Å². The van der Waals surface area contributed by atoms with Crippen molar-refractivity contribution in [2.75, 3.05) is 13.2 Å². The van der Waals surface area contributed by atoms with Gasteiger partial charge < -0.3 is 14.6 Å². The lowest BCUT2D eigenvalue weighted by Gasteiger charge is -2.12. The van der Waals surface area contributed by atoms with Crippen LogP contribution in [0.1, 0.15) is 19.0 Å². The molecule has 3 nitrogen and oxygen atoms in total. The highest BCUT2D eigenvalue weighted by Gasteiger charge is 2.27. The lowest BCUT2D eigenvalue weighted by atomic mass is 10.4. The fourth-order valence-corrected chi connectivity index (χ4v) is 1.39. The summed E-state index contributed by atoms with van der Waals surface area (Å²) in [7, 11) is 0. The summed E-state index contributed by atoms with van der Waals surface area (Å²) < 4.78 is 41.9. The highest BCUT2D eigenvalue weighted by atomic mass is 19.4. The summed E-state index contributed by atoms with van der Waals surface area (Å²) in [5.74, 6) is 0. The predicted octanol–water partition coefficient (Wildman–Crippen LogP) is 2.52. The Kier molecular flexibility index (Phi) is 5.50. The van der Waals surface area contributed by atoms with Crippen LogP contribution in [0, 0.1) is 0 Å². The molecule has 98 valence electrons. The Labute approximate surface area is 98.6 Å². The van der Waals surface area contributed by atoms with Gasteiger partial charge in [0, 0.05) is 18.4 Å². The highest BCUT2D eigenvalue weighted by Crippen LogP contribution is 2.15. The first-order chi connectivity index (χ1) is 8.03. The zero-order chi connectivity index (χ0) is 12.7. The molecule has 1 rings (SSSR count). The molecule has 0 aliphatic carbocycles. The molecule has 0 saturated carbocycles. The Morgan fingerprint density at radius 3 is 2.82 bits per heavy atom. The number of aromatic nitrogens is 1. The maximum Gasteiger partial charge on any atom is 0.411 e. The van der Waals surface area contributed by atoms with Gasteiger partial charge in [-0.15, -0.1) is 0 Å². The molecule has 6 heteroatoms. The average molecular weight is 250 g/mol. The Morgan fingerprint density at radius 2 is 2.18 bits per heavy atom. The van der Waals surface area contributed by atoms with Crippen molar-refractivity contribution in [1.29, 1.82) is 0 Å². The molecular weight excluding hydrogens is 233 g/mol. The van der Waals surface area contributed by atoms with Gasteiger partial charge in [-0.05, 0) is 25.1 Å². The molecule has 0 fully saturated rings. The molecule has 0 aliphatic rings. The van der Waals surface area contributed by atoms with Crippen molar-refractivity contribution >= 4 is 0 Å². The molecule has 0 bridgehead atoms. The van der Waals surface area contributed by atoms with Gasteiger partial charge in [-0.1, -0.05) is 6.92 Å². The van der Waals surface area contributed by atoms with Crippen LogP contribution in [-0.2, 0) is 18.0 Å². The maximum absolute atomic E-state index is 11.9. The molecule has 1 aromatic rings. The summed E-state index contributed by atoms with van der Waals surface area (Å²) in [5, 5.41) is 3.19. The monoisotopic (exact) mass is 250 g/mol. The van der Waals surface area contributed by atoms with E-state index in [-0.39, 0.29) is 6.73 Å². The first-order valence-electron chi connectivity index (χ1n) is 5.52. The van der Waals surface area contributed by atoms with Crippen LogP contribution in [0.25, 0.3) is 0 Å². The Morgan fingerprint density at radius 1 is 1.41 bits per heavy atom. The van der Waals surface area contributed by atoms with Gasteiger partial charge in [-0.2, -0.15) is 13.2 Å². The molecule has 1 heterocycles. The minimum atomic E-state index is -4.27. The molecule has 0 spiro atoms. The summed E-state index contributed by atoms with van der Waals surface area (Å²) in [6.45, 7) is 2.28. The Bertz CT molecular complexity index is 323. The first-order valence-corrected chi connectivity index (χ1v) is 5.52. The quantitative estimate of drug-likeness (QED) is 0.753. The third kappa shape index (κ3) is 5.74. The van der Waals surface area contributed by atoms with Gasteiger partial charge >= 0.3 is 6.18 Å². The molecule has 0 atom stereocenters. The standard InChI is InChI=1S/C11H17F3N2O/c1-2-5-15-7-10-4-3-6-16(10)9-17-8-11(12,13)14/h3-4,6,15H,2,5,7-9H2,1H3. The first kappa shape index (κ1) is 14.1. The number of alkyl halides is 3. The number of halogens is 3. The molecule has 0 aliphatic heterocycles. The van der Waals surface area contributed by atoms with E-state index in [1.807, 2.05) is 6.07 Å². The van der Waals surface area contributed by atoms with Gasteiger partial charge in [0.2, 0.25) is 0 Å². The van der Waals surface area contributed by atoms with Gasteiger partial charge in [0.05, 0.1) is 0 Å². The number of nitrogens with zero attached hydrogens (tertiary/aromatic N) is 1. The molecule has 0 saturated heterocycles. The summed E-state index contributed by atoms with van der Waals surface area (Å²) in [5.41, 5.74) is 0.917. The van der Waals surface area contributed by atoms with Crippen molar-refractivity contribution < 1.29 is 17.9 Å². The van der Waals surface area contributed by atoms with Crippen LogP contribution >= 0.6 is 0 Å². The maximum atomic E-state index is 11.9. The molecular formula is C11H17F3N2O. The fraction of sp³-hybridized carbons (Fsp3) is 0.636. The van der Waals surface area contributed by atoms with E-state index in [4.69, 9.17) is 0 Å². The van der Waals surface area contributed by atoms with Gasteiger partial charge in [0.1, 0.15) is 13.3 Å². The average Bonchev–Trinajstić information content (AvgIpc) is 2.64. The number of rotatable bonds is 7. The van der Waals surface area contributed by atoms with E-state index < -0.39 is 12.8 Å². The van der Waals surface area contributed by atoms with Crippen molar-refractivity contribution in [2.45, 2.75) is 32.8 Å². The topological polar surface area (TPSA) is 26.2 Å². The third-order valence-corrected chi connectivity index (χ3v) is 2.15. The number of ether oxygens (including phenoxy) is 1. The smallest absolute Gasteiger partial charge is 0.351 e. The van der Waals surface area contributed by atoms with Gasteiger partial charge in [0.15, 0.2) is 0 Å². The van der Waals surface area contributed by atoms with Gasteiger partial charge in [-0.3, -0.25) is 0 Å². The van der Waals surface area contributed by atoms with Crippen LogP contribution in [0.3, 0.4) is 0 Å². The molecule has 0 aromatic carbocycles. The van der Waals surface area contributed by atoms with Crippen LogP contribution in [0.15, 0.2) is 18.3 Å². The van der Waals surface area contributed by atoms with E-state index in [1.165, 1.54) is 0 Å². The van der Waals surface area contributed by atoms with Crippen LogP contribution in [0.2, 0.25) is 0 Å². The molecule has 17 heavy (non-hydrogen) atoms. The van der Waals surface area contributed by atoms with Crippen molar-refractivity contribution in [3.05, 3.63) is 24.0 Å². The van der Waals surface area contributed by atoms with Crippen molar-refractivity contribution in [2.24, 2.45) is 0 Å². The van der Waals surface area contributed by atoms with Crippen LogP contribution < -0.4 is 5.32 Å². The summed E-state index contributed by atoms with van der Waals surface area (Å²) >= 11 is 0. The normalized spacial score (nSPS) is 12.0. The molecule has 1 aromatic heterocycles. The largest absolute Gasteiger partial charge is 0.411 e. The second kappa shape index (κ2) is 6.66. The lowest BCUT2D eigenvalue weighted by molar-refractivity contribution is -0.182. The van der Waals surface area contributed by atoms with Crippen LogP contribution in [0.4, 0.5) is 13.2 Å². The summed E-state index contributed by atoms with van der Waals surface area (Å²) in [6, 6.07) is 3.65. The summed E-state index contributed by atoms with van der Waals surface area (Å²) in [6.07, 6.45) is -1.54. The van der Waals surface area contributed by atoms with Crippen molar-refractivity contribution in [3.8, 4) is 0 Å². The zero-order valence-corrected chi connectivity index (χ0v) is 9.76. The van der Waals surface area contributed by atoms with Gasteiger partial charge in [-0.25, -0.2) is 0 Å². The number of nitrogens with one attached hydrogen (secondary N) is 1. The van der Waals surface area contributed by atoms with E-state index in [9.17, 15) is 13.2 Å². The number of hydrogen-bond donors (Lipinski definition) is 1. The number of hydrogen-bond acceptors (Lipinski definition) is 2. The second-order valence-corrected chi connectivity index (χ2v) is 3.74. The Hall–Kier alpha value is -1.01. The second-order valence-electron chi connectivity index (χ2n) is 3.74.